The number of aryl methyl sites for hydroxylation is 2. The molecule has 1 atom stereocenters. The number of carbonyl (C=O) groups excluding carboxylic acids is 1. The van der Waals surface area contributed by atoms with E-state index in [0.29, 0.717) is 26.2 Å². The third-order valence-corrected chi connectivity index (χ3v) is 5.90. The standard InChI is InChI=1S/C28H31NO4/c1-3-31-28(30)19-23-9-8-22-18-25(14-15-26(22)23)33-17-5-16-32-24-12-10-21(11-13-24)27-7-4-6-20(2)29-27/h4,6-7,10-15,18,23H,3,5,8-9,16-17,19H2,1-2H3/t23-/m0/s1. The molecule has 0 amide bonds. The molecule has 33 heavy (non-hydrogen) atoms. The fourth-order valence-electron chi connectivity index (χ4n) is 4.27. The van der Waals surface area contributed by atoms with Gasteiger partial charge in [0.25, 0.3) is 0 Å². The van der Waals surface area contributed by atoms with Crippen LogP contribution in [0.1, 0.15) is 48.9 Å². The van der Waals surface area contributed by atoms with E-state index in [1.165, 1.54) is 11.1 Å². The molecule has 1 heterocycles. The second-order valence-electron chi connectivity index (χ2n) is 8.34. The highest BCUT2D eigenvalue weighted by atomic mass is 16.5. The smallest absolute Gasteiger partial charge is 0.306 e. The van der Waals surface area contributed by atoms with E-state index >= 15 is 0 Å². The molecule has 0 bridgehead atoms. The Balaban J connectivity index is 1.20. The summed E-state index contributed by atoms with van der Waals surface area (Å²) in [5, 5.41) is 0. The number of carbonyl (C=O) groups is 1. The van der Waals surface area contributed by atoms with Crippen molar-refractivity contribution in [2.24, 2.45) is 0 Å². The van der Waals surface area contributed by atoms with Crippen LogP contribution in [0.25, 0.3) is 11.3 Å². The zero-order valence-corrected chi connectivity index (χ0v) is 19.4. The van der Waals surface area contributed by atoms with Crippen LogP contribution >= 0.6 is 0 Å². The van der Waals surface area contributed by atoms with Crippen LogP contribution in [0.4, 0.5) is 0 Å². The second kappa shape index (κ2) is 11.0. The molecule has 3 aromatic rings. The number of ether oxygens (including phenoxy) is 3. The molecular formula is C28H31NO4. The fourth-order valence-corrected chi connectivity index (χ4v) is 4.27. The maximum atomic E-state index is 11.8. The molecule has 0 unspecified atom stereocenters. The number of hydrogen-bond acceptors (Lipinski definition) is 5. The molecule has 1 aliphatic rings. The van der Waals surface area contributed by atoms with Crippen molar-refractivity contribution in [1.82, 2.24) is 4.98 Å². The largest absolute Gasteiger partial charge is 0.493 e. The molecule has 5 heteroatoms. The molecule has 0 saturated heterocycles. The maximum Gasteiger partial charge on any atom is 0.306 e. The Kier molecular flexibility index (Phi) is 7.61. The Morgan fingerprint density at radius 3 is 2.52 bits per heavy atom. The summed E-state index contributed by atoms with van der Waals surface area (Å²) >= 11 is 0. The van der Waals surface area contributed by atoms with E-state index in [4.69, 9.17) is 14.2 Å². The summed E-state index contributed by atoms with van der Waals surface area (Å²) in [6.07, 6.45) is 3.22. The SMILES string of the molecule is CCOC(=O)C[C@@H]1CCc2cc(OCCCOc3ccc(-c4cccc(C)n4)cc3)ccc21. The molecule has 0 saturated carbocycles. The summed E-state index contributed by atoms with van der Waals surface area (Å²) < 4.78 is 16.9. The quantitative estimate of drug-likeness (QED) is 0.288. The number of esters is 1. The van der Waals surface area contributed by atoms with Crippen molar-refractivity contribution in [3.63, 3.8) is 0 Å². The molecule has 0 spiro atoms. The van der Waals surface area contributed by atoms with Gasteiger partial charge < -0.3 is 14.2 Å². The predicted molar refractivity (Wildman–Crippen MR) is 129 cm³/mol. The van der Waals surface area contributed by atoms with Gasteiger partial charge in [-0.05, 0) is 92.3 Å². The van der Waals surface area contributed by atoms with Crippen LogP contribution in [0.5, 0.6) is 11.5 Å². The number of benzene rings is 2. The summed E-state index contributed by atoms with van der Waals surface area (Å²) in [6, 6.07) is 20.3. The minimum Gasteiger partial charge on any atom is -0.493 e. The molecule has 4 rings (SSSR count). The zero-order chi connectivity index (χ0) is 23.0. The van der Waals surface area contributed by atoms with Crippen molar-refractivity contribution in [2.75, 3.05) is 19.8 Å². The van der Waals surface area contributed by atoms with Crippen molar-refractivity contribution < 1.29 is 19.0 Å². The van der Waals surface area contributed by atoms with E-state index in [1.807, 2.05) is 62.4 Å². The Bertz CT molecular complexity index is 1080. The summed E-state index contributed by atoms with van der Waals surface area (Å²) in [7, 11) is 0. The van der Waals surface area contributed by atoms with E-state index < -0.39 is 0 Å². The van der Waals surface area contributed by atoms with E-state index in [1.54, 1.807) is 0 Å². The van der Waals surface area contributed by atoms with Crippen molar-refractivity contribution in [1.29, 1.82) is 0 Å². The van der Waals surface area contributed by atoms with Crippen molar-refractivity contribution >= 4 is 5.97 Å². The van der Waals surface area contributed by atoms with Crippen LogP contribution < -0.4 is 9.47 Å². The van der Waals surface area contributed by atoms with Gasteiger partial charge in [-0.1, -0.05) is 12.1 Å². The van der Waals surface area contributed by atoms with Gasteiger partial charge in [-0.3, -0.25) is 9.78 Å². The molecule has 5 nitrogen and oxygen atoms in total. The highest BCUT2D eigenvalue weighted by molar-refractivity contribution is 5.71. The first-order chi connectivity index (χ1) is 16.1. The number of pyridine rings is 1. The highest BCUT2D eigenvalue weighted by Crippen LogP contribution is 2.37. The monoisotopic (exact) mass is 445 g/mol. The Morgan fingerprint density at radius 1 is 1.00 bits per heavy atom. The normalized spacial score (nSPS) is 14.5. The van der Waals surface area contributed by atoms with Crippen LogP contribution in [0.2, 0.25) is 0 Å². The number of rotatable bonds is 10. The van der Waals surface area contributed by atoms with Crippen molar-refractivity contribution in [3.05, 3.63) is 77.5 Å². The van der Waals surface area contributed by atoms with Gasteiger partial charge >= 0.3 is 5.97 Å². The van der Waals surface area contributed by atoms with Gasteiger partial charge in [0.15, 0.2) is 0 Å². The Morgan fingerprint density at radius 2 is 1.76 bits per heavy atom. The third kappa shape index (κ3) is 6.13. The second-order valence-corrected chi connectivity index (χ2v) is 8.34. The topological polar surface area (TPSA) is 57.7 Å². The number of nitrogens with zero attached hydrogens (tertiary/aromatic N) is 1. The Labute approximate surface area is 195 Å². The van der Waals surface area contributed by atoms with Crippen LogP contribution in [0.15, 0.2) is 60.7 Å². The molecule has 0 N–H and O–H groups in total. The van der Waals surface area contributed by atoms with Gasteiger partial charge in [-0.2, -0.15) is 0 Å². The van der Waals surface area contributed by atoms with Crippen molar-refractivity contribution in [3.8, 4) is 22.8 Å². The third-order valence-electron chi connectivity index (χ3n) is 5.90. The van der Waals surface area contributed by atoms with Gasteiger partial charge in [0, 0.05) is 17.7 Å². The minimum atomic E-state index is -0.114. The van der Waals surface area contributed by atoms with Crippen LogP contribution in [0.3, 0.4) is 0 Å². The first-order valence-electron chi connectivity index (χ1n) is 11.7. The first-order valence-corrected chi connectivity index (χ1v) is 11.7. The molecule has 0 fully saturated rings. The first kappa shape index (κ1) is 22.8. The fraction of sp³-hybridized carbons (Fsp3) is 0.357. The summed E-state index contributed by atoms with van der Waals surface area (Å²) in [5.74, 6) is 1.86. The number of aromatic nitrogens is 1. The zero-order valence-electron chi connectivity index (χ0n) is 19.4. The average molecular weight is 446 g/mol. The van der Waals surface area contributed by atoms with Gasteiger partial charge in [-0.15, -0.1) is 0 Å². The summed E-state index contributed by atoms with van der Waals surface area (Å²) in [6.45, 7) is 5.46. The van der Waals surface area contributed by atoms with E-state index in [0.717, 1.165) is 47.7 Å². The molecule has 0 radical (unpaired) electrons. The lowest BCUT2D eigenvalue weighted by Crippen LogP contribution is -2.08. The number of hydrogen-bond donors (Lipinski definition) is 0. The van der Waals surface area contributed by atoms with E-state index in [2.05, 4.69) is 17.1 Å². The molecular weight excluding hydrogens is 414 g/mol. The van der Waals surface area contributed by atoms with Crippen LogP contribution in [-0.2, 0) is 16.0 Å². The lowest BCUT2D eigenvalue weighted by Gasteiger charge is -2.12. The minimum absolute atomic E-state index is 0.114. The van der Waals surface area contributed by atoms with E-state index in [-0.39, 0.29) is 11.9 Å². The molecule has 1 aromatic heterocycles. The number of fused-ring (bicyclic) bond motifs is 1. The molecule has 172 valence electrons. The van der Waals surface area contributed by atoms with E-state index in [9.17, 15) is 4.79 Å². The van der Waals surface area contributed by atoms with Gasteiger partial charge in [0.05, 0.1) is 31.9 Å². The van der Waals surface area contributed by atoms with Crippen LogP contribution in [-0.4, -0.2) is 30.8 Å². The lowest BCUT2D eigenvalue weighted by molar-refractivity contribution is -0.143. The van der Waals surface area contributed by atoms with Gasteiger partial charge in [-0.25, -0.2) is 0 Å². The maximum absolute atomic E-state index is 11.8. The van der Waals surface area contributed by atoms with Gasteiger partial charge in [0.2, 0.25) is 0 Å². The average Bonchev–Trinajstić information content (AvgIpc) is 3.21. The summed E-state index contributed by atoms with van der Waals surface area (Å²) in [4.78, 5) is 16.4. The molecule has 2 aromatic carbocycles. The molecule has 0 aliphatic heterocycles. The van der Waals surface area contributed by atoms with Crippen molar-refractivity contribution in [2.45, 2.75) is 45.4 Å². The summed E-state index contributed by atoms with van der Waals surface area (Å²) in [5.41, 5.74) is 5.59. The van der Waals surface area contributed by atoms with Crippen LogP contribution in [0, 0.1) is 6.92 Å². The predicted octanol–water partition coefficient (Wildman–Crippen LogP) is 5.89. The van der Waals surface area contributed by atoms with Gasteiger partial charge in [0.1, 0.15) is 11.5 Å². The Hall–Kier alpha value is -3.34. The molecule has 1 aliphatic carbocycles. The lowest BCUT2D eigenvalue weighted by atomic mass is 9.98. The highest BCUT2D eigenvalue weighted by Gasteiger charge is 2.25.